The van der Waals surface area contributed by atoms with Gasteiger partial charge in [-0.2, -0.15) is 0 Å². The van der Waals surface area contributed by atoms with Gasteiger partial charge in [-0.3, -0.25) is 14.4 Å². The van der Waals surface area contributed by atoms with E-state index in [0.717, 1.165) is 5.56 Å². The van der Waals surface area contributed by atoms with Crippen molar-refractivity contribution in [1.29, 1.82) is 0 Å². The molecule has 134 valence electrons. The maximum Gasteiger partial charge on any atom is 0.240 e. The molecule has 3 N–H and O–H groups in total. The van der Waals surface area contributed by atoms with Crippen molar-refractivity contribution >= 4 is 29.1 Å². The lowest BCUT2D eigenvalue weighted by Gasteiger charge is -2.16. The Kier molecular flexibility index (Phi) is 5.02. The molecule has 1 aliphatic rings. The molecule has 0 aliphatic heterocycles. The van der Waals surface area contributed by atoms with E-state index in [1.54, 1.807) is 24.3 Å². The topological polar surface area (TPSA) is 87.3 Å². The Morgan fingerprint density at radius 2 is 1.42 bits per heavy atom. The molecule has 0 unspecified atom stereocenters. The first-order valence-corrected chi connectivity index (χ1v) is 8.51. The van der Waals surface area contributed by atoms with Gasteiger partial charge in [-0.15, -0.1) is 0 Å². The van der Waals surface area contributed by atoms with E-state index in [-0.39, 0.29) is 17.7 Å². The van der Waals surface area contributed by atoms with Crippen LogP contribution in [0.3, 0.4) is 0 Å². The van der Waals surface area contributed by atoms with Crippen LogP contribution in [0, 0.1) is 5.41 Å². The van der Waals surface area contributed by atoms with E-state index >= 15 is 0 Å². The van der Waals surface area contributed by atoms with Gasteiger partial charge >= 0.3 is 0 Å². The van der Waals surface area contributed by atoms with Crippen LogP contribution in [0.2, 0.25) is 0 Å². The van der Waals surface area contributed by atoms with Crippen molar-refractivity contribution in [3.63, 3.8) is 0 Å². The Labute approximate surface area is 152 Å². The van der Waals surface area contributed by atoms with Crippen molar-refractivity contribution in [2.24, 2.45) is 5.41 Å². The van der Waals surface area contributed by atoms with Crippen molar-refractivity contribution in [2.45, 2.75) is 26.3 Å². The average Bonchev–Trinajstić information content (AvgIpc) is 3.44. The first kappa shape index (κ1) is 17.7. The van der Waals surface area contributed by atoms with E-state index < -0.39 is 5.41 Å². The van der Waals surface area contributed by atoms with Gasteiger partial charge in [0.1, 0.15) is 5.41 Å². The molecule has 0 radical (unpaired) electrons. The lowest BCUT2D eigenvalue weighted by Crippen LogP contribution is -2.39. The summed E-state index contributed by atoms with van der Waals surface area (Å²) in [6.07, 6.45) is 1.09. The van der Waals surface area contributed by atoms with Gasteiger partial charge < -0.3 is 16.0 Å². The summed E-state index contributed by atoms with van der Waals surface area (Å²) in [6.45, 7) is 1.83. The number of hydrogen-bond acceptors (Lipinski definition) is 3. The number of carbonyl (C=O) groups excluding carboxylic acids is 3. The maximum atomic E-state index is 12.6. The van der Waals surface area contributed by atoms with Gasteiger partial charge in [0.05, 0.1) is 0 Å². The third-order valence-electron chi connectivity index (χ3n) is 4.38. The van der Waals surface area contributed by atoms with Gasteiger partial charge in [0.2, 0.25) is 17.7 Å². The molecule has 0 atom stereocenters. The molecule has 2 aromatic rings. The number of benzene rings is 2. The summed E-state index contributed by atoms with van der Waals surface area (Å²) >= 11 is 0. The first-order valence-electron chi connectivity index (χ1n) is 8.51. The van der Waals surface area contributed by atoms with Gasteiger partial charge in [0.25, 0.3) is 0 Å². The molecule has 2 aromatic carbocycles. The number of hydrogen-bond donors (Lipinski definition) is 3. The Morgan fingerprint density at radius 1 is 0.846 bits per heavy atom. The van der Waals surface area contributed by atoms with Crippen LogP contribution in [-0.4, -0.2) is 17.7 Å². The second-order valence-corrected chi connectivity index (χ2v) is 6.46. The van der Waals surface area contributed by atoms with E-state index in [4.69, 9.17) is 0 Å². The zero-order valence-corrected chi connectivity index (χ0v) is 14.5. The molecule has 26 heavy (non-hydrogen) atoms. The van der Waals surface area contributed by atoms with Crippen LogP contribution < -0.4 is 16.0 Å². The van der Waals surface area contributed by atoms with Crippen LogP contribution in [-0.2, 0) is 20.9 Å². The highest BCUT2D eigenvalue weighted by atomic mass is 16.2. The molecule has 3 rings (SSSR count). The summed E-state index contributed by atoms with van der Waals surface area (Å²) in [6, 6.07) is 16.4. The Hall–Kier alpha value is -3.15. The van der Waals surface area contributed by atoms with Crippen molar-refractivity contribution in [1.82, 2.24) is 5.32 Å². The molecule has 0 spiro atoms. The minimum absolute atomic E-state index is 0.159. The Morgan fingerprint density at radius 3 is 1.96 bits per heavy atom. The van der Waals surface area contributed by atoms with Crippen LogP contribution in [0.5, 0.6) is 0 Å². The molecule has 1 fully saturated rings. The molecule has 3 amide bonds. The number of amides is 3. The number of carbonyl (C=O) groups is 3. The van der Waals surface area contributed by atoms with Crippen molar-refractivity contribution < 1.29 is 14.4 Å². The third-order valence-corrected chi connectivity index (χ3v) is 4.38. The minimum Gasteiger partial charge on any atom is -0.351 e. The van der Waals surface area contributed by atoms with Gasteiger partial charge in [0, 0.05) is 24.8 Å². The van der Waals surface area contributed by atoms with Crippen LogP contribution in [0.1, 0.15) is 25.3 Å². The summed E-state index contributed by atoms with van der Waals surface area (Å²) in [5.41, 5.74) is 1.25. The van der Waals surface area contributed by atoms with Gasteiger partial charge in [0.15, 0.2) is 0 Å². The fourth-order valence-corrected chi connectivity index (χ4v) is 2.72. The predicted octanol–water partition coefficient (Wildman–Crippen LogP) is 2.68. The van der Waals surface area contributed by atoms with Crippen molar-refractivity contribution in [3.8, 4) is 0 Å². The first-order chi connectivity index (χ1) is 12.5. The van der Waals surface area contributed by atoms with Crippen LogP contribution in [0.15, 0.2) is 54.6 Å². The van der Waals surface area contributed by atoms with Crippen LogP contribution >= 0.6 is 0 Å². The zero-order chi connectivity index (χ0) is 18.6. The molecule has 6 heteroatoms. The lowest BCUT2D eigenvalue weighted by atomic mass is 10.0. The number of rotatable bonds is 6. The highest BCUT2D eigenvalue weighted by Gasteiger charge is 2.56. The number of anilines is 2. The van der Waals surface area contributed by atoms with E-state index in [0.29, 0.717) is 30.8 Å². The normalized spacial score (nSPS) is 14.2. The van der Waals surface area contributed by atoms with Gasteiger partial charge in [-0.05, 0) is 42.7 Å². The van der Waals surface area contributed by atoms with Gasteiger partial charge in [-0.25, -0.2) is 0 Å². The monoisotopic (exact) mass is 351 g/mol. The molecular formula is C20H21N3O3. The fourth-order valence-electron chi connectivity index (χ4n) is 2.72. The molecule has 0 aromatic heterocycles. The second kappa shape index (κ2) is 7.39. The zero-order valence-electron chi connectivity index (χ0n) is 14.5. The quantitative estimate of drug-likeness (QED) is 0.699. The molecule has 0 saturated heterocycles. The maximum absolute atomic E-state index is 12.6. The predicted molar refractivity (Wildman–Crippen MR) is 99.3 cm³/mol. The van der Waals surface area contributed by atoms with Crippen molar-refractivity contribution in [3.05, 3.63) is 60.2 Å². The fraction of sp³-hybridized carbons (Fsp3) is 0.250. The Bertz CT molecular complexity index is 812. The molecule has 1 aliphatic carbocycles. The van der Waals surface area contributed by atoms with E-state index in [1.165, 1.54) is 6.92 Å². The summed E-state index contributed by atoms with van der Waals surface area (Å²) in [7, 11) is 0. The minimum atomic E-state index is -0.981. The Balaban J connectivity index is 1.58. The average molecular weight is 351 g/mol. The van der Waals surface area contributed by atoms with Crippen molar-refractivity contribution in [2.75, 3.05) is 10.6 Å². The van der Waals surface area contributed by atoms with E-state index in [9.17, 15) is 14.4 Å². The smallest absolute Gasteiger partial charge is 0.240 e. The lowest BCUT2D eigenvalue weighted by molar-refractivity contribution is -0.134. The third kappa shape index (κ3) is 4.08. The standard InChI is InChI=1S/C20H21N3O3/c1-14(24)22-16-7-9-17(10-8-16)23-19(26)20(11-12-20)18(25)21-13-15-5-3-2-4-6-15/h2-10H,11-13H2,1H3,(H,21,25)(H,22,24)(H,23,26). The number of nitrogens with one attached hydrogen (secondary N) is 3. The summed E-state index contributed by atoms with van der Waals surface area (Å²) < 4.78 is 0. The van der Waals surface area contributed by atoms with Crippen LogP contribution in [0.4, 0.5) is 11.4 Å². The van der Waals surface area contributed by atoms with Crippen LogP contribution in [0.25, 0.3) is 0 Å². The highest BCUT2D eigenvalue weighted by molar-refractivity contribution is 6.13. The molecule has 6 nitrogen and oxygen atoms in total. The second-order valence-electron chi connectivity index (χ2n) is 6.46. The molecular weight excluding hydrogens is 330 g/mol. The van der Waals surface area contributed by atoms with Gasteiger partial charge in [-0.1, -0.05) is 30.3 Å². The molecule has 0 bridgehead atoms. The molecule has 0 heterocycles. The summed E-state index contributed by atoms with van der Waals surface area (Å²) in [5.74, 6) is -0.696. The highest BCUT2D eigenvalue weighted by Crippen LogP contribution is 2.46. The molecule has 1 saturated carbocycles. The van der Waals surface area contributed by atoms with E-state index in [2.05, 4.69) is 16.0 Å². The largest absolute Gasteiger partial charge is 0.351 e. The SMILES string of the molecule is CC(=O)Nc1ccc(NC(=O)C2(C(=O)NCc3ccccc3)CC2)cc1. The summed E-state index contributed by atoms with van der Waals surface area (Å²) in [5, 5.41) is 8.31. The van der Waals surface area contributed by atoms with E-state index in [1.807, 2.05) is 30.3 Å². The summed E-state index contributed by atoms with van der Waals surface area (Å²) in [4.78, 5) is 36.1.